The minimum Gasteiger partial charge on any atom is -0.356 e. The Morgan fingerprint density at radius 3 is 2.82 bits per heavy atom. The van der Waals surface area contributed by atoms with Crippen LogP contribution in [0.5, 0.6) is 0 Å². The average Bonchev–Trinajstić information content (AvgIpc) is 2.71. The molecule has 0 fully saturated rings. The molecule has 0 saturated carbocycles. The summed E-state index contributed by atoms with van der Waals surface area (Å²) in [6, 6.07) is 9.90. The first kappa shape index (κ1) is 12.3. The van der Waals surface area contributed by atoms with Crippen molar-refractivity contribution in [3.8, 4) is 0 Å². The normalized spacial score (nSPS) is 10.4. The van der Waals surface area contributed by atoms with E-state index in [-0.39, 0.29) is 0 Å². The zero-order valence-electron chi connectivity index (χ0n) is 9.04. The molecule has 4 nitrogen and oxygen atoms in total. The molecule has 0 bridgehead atoms. The number of benzene rings is 1. The molecular formula is C12H11IN2O2. The maximum absolute atomic E-state index is 10.8. The van der Waals surface area contributed by atoms with Crippen molar-refractivity contribution in [1.29, 1.82) is 0 Å². The van der Waals surface area contributed by atoms with Crippen LogP contribution in [0.2, 0.25) is 0 Å². The minimum atomic E-state index is 0.332. The van der Waals surface area contributed by atoms with E-state index in [1.54, 1.807) is 10.9 Å². The molecule has 0 unspecified atom stereocenters. The highest BCUT2D eigenvalue weighted by atomic mass is 127. The Kier molecular flexibility index (Phi) is 4.27. The van der Waals surface area contributed by atoms with Gasteiger partial charge in [0.1, 0.15) is 16.1 Å². The molecule has 17 heavy (non-hydrogen) atoms. The van der Waals surface area contributed by atoms with E-state index >= 15 is 0 Å². The van der Waals surface area contributed by atoms with E-state index < -0.39 is 0 Å². The zero-order chi connectivity index (χ0) is 12.1. The predicted octanol–water partition coefficient (Wildman–Crippen LogP) is 2.47. The molecule has 0 aliphatic rings. The van der Waals surface area contributed by atoms with Gasteiger partial charge in [-0.05, 0) is 28.2 Å². The monoisotopic (exact) mass is 342 g/mol. The predicted molar refractivity (Wildman–Crippen MR) is 71.6 cm³/mol. The Bertz CT molecular complexity index is 496. The van der Waals surface area contributed by atoms with Crippen LogP contribution in [-0.2, 0) is 18.1 Å². The van der Waals surface area contributed by atoms with Gasteiger partial charge < -0.3 is 9.30 Å². The van der Waals surface area contributed by atoms with Gasteiger partial charge in [-0.1, -0.05) is 30.3 Å². The molecule has 0 aliphatic carbocycles. The van der Waals surface area contributed by atoms with Crippen molar-refractivity contribution in [1.82, 2.24) is 9.55 Å². The van der Waals surface area contributed by atoms with Gasteiger partial charge in [0.25, 0.3) is 0 Å². The molecule has 88 valence electrons. The van der Waals surface area contributed by atoms with Crippen LogP contribution in [-0.4, -0.2) is 15.8 Å². The number of imidazole rings is 1. The standard InChI is InChI=1S/C12H11IN2O2/c13-12-11(6-16)15(8-14-12)9-17-7-10-4-2-1-3-5-10/h1-6,8H,7,9H2. The summed E-state index contributed by atoms with van der Waals surface area (Å²) in [5, 5.41) is 0. The number of hydrogen-bond acceptors (Lipinski definition) is 3. The number of aldehydes is 1. The number of hydrogen-bond donors (Lipinski definition) is 0. The molecule has 0 amide bonds. The summed E-state index contributed by atoms with van der Waals surface area (Å²) >= 11 is 2.03. The summed E-state index contributed by atoms with van der Waals surface area (Å²) < 4.78 is 7.91. The Labute approximate surface area is 113 Å². The molecule has 0 aliphatic heterocycles. The summed E-state index contributed by atoms with van der Waals surface area (Å²) in [6.45, 7) is 0.854. The molecule has 0 spiro atoms. The van der Waals surface area contributed by atoms with Crippen LogP contribution in [0.4, 0.5) is 0 Å². The molecule has 2 aromatic rings. The Hall–Kier alpha value is -1.21. The number of aromatic nitrogens is 2. The first-order valence-corrected chi connectivity index (χ1v) is 6.16. The smallest absolute Gasteiger partial charge is 0.169 e. The lowest BCUT2D eigenvalue weighted by Gasteiger charge is -2.06. The molecule has 0 atom stereocenters. The number of ether oxygens (including phenoxy) is 1. The van der Waals surface area contributed by atoms with Crippen molar-refractivity contribution in [3.05, 3.63) is 51.6 Å². The fourth-order valence-electron chi connectivity index (χ4n) is 1.42. The maximum atomic E-state index is 10.8. The Morgan fingerprint density at radius 1 is 1.35 bits per heavy atom. The van der Waals surface area contributed by atoms with Gasteiger partial charge in [-0.25, -0.2) is 4.98 Å². The van der Waals surface area contributed by atoms with E-state index in [1.807, 2.05) is 52.9 Å². The molecule has 1 heterocycles. The number of carbonyl (C=O) groups excluding carboxylic acids is 1. The van der Waals surface area contributed by atoms with Gasteiger partial charge in [-0.15, -0.1) is 0 Å². The fraction of sp³-hybridized carbons (Fsp3) is 0.167. The second kappa shape index (κ2) is 5.92. The van der Waals surface area contributed by atoms with Gasteiger partial charge >= 0.3 is 0 Å². The topological polar surface area (TPSA) is 44.1 Å². The van der Waals surface area contributed by atoms with Gasteiger partial charge in [0, 0.05) is 0 Å². The third-order valence-electron chi connectivity index (χ3n) is 2.28. The van der Waals surface area contributed by atoms with Crippen molar-refractivity contribution in [2.45, 2.75) is 13.3 Å². The largest absolute Gasteiger partial charge is 0.356 e. The molecule has 2 rings (SSSR count). The molecular weight excluding hydrogens is 331 g/mol. The van der Waals surface area contributed by atoms with Crippen molar-refractivity contribution >= 4 is 28.9 Å². The molecule has 0 N–H and O–H groups in total. The average molecular weight is 342 g/mol. The quantitative estimate of drug-likeness (QED) is 0.619. The highest BCUT2D eigenvalue weighted by Crippen LogP contribution is 2.09. The third-order valence-corrected chi connectivity index (χ3v) is 3.12. The van der Waals surface area contributed by atoms with Gasteiger partial charge in [-0.3, -0.25) is 4.79 Å². The van der Waals surface area contributed by atoms with Crippen LogP contribution in [0.1, 0.15) is 16.1 Å². The molecule has 0 saturated heterocycles. The fourth-order valence-corrected chi connectivity index (χ4v) is 1.98. The van der Waals surface area contributed by atoms with Gasteiger partial charge in [0.15, 0.2) is 6.29 Å². The van der Waals surface area contributed by atoms with Gasteiger partial charge in [0.2, 0.25) is 0 Å². The highest BCUT2D eigenvalue weighted by Gasteiger charge is 2.06. The lowest BCUT2D eigenvalue weighted by Crippen LogP contribution is -2.05. The Balaban J connectivity index is 1.92. The summed E-state index contributed by atoms with van der Waals surface area (Å²) in [5.74, 6) is 0. The van der Waals surface area contributed by atoms with Crippen LogP contribution >= 0.6 is 22.6 Å². The lowest BCUT2D eigenvalue weighted by molar-refractivity contribution is 0.0619. The number of rotatable bonds is 5. The van der Waals surface area contributed by atoms with Crippen molar-refractivity contribution in [3.63, 3.8) is 0 Å². The van der Waals surface area contributed by atoms with Crippen molar-refractivity contribution in [2.24, 2.45) is 0 Å². The van der Waals surface area contributed by atoms with Crippen LogP contribution in [0.15, 0.2) is 36.7 Å². The van der Waals surface area contributed by atoms with E-state index in [0.29, 0.717) is 22.7 Å². The van der Waals surface area contributed by atoms with Crippen molar-refractivity contribution < 1.29 is 9.53 Å². The lowest BCUT2D eigenvalue weighted by atomic mass is 10.2. The SMILES string of the molecule is O=Cc1c(I)ncn1COCc1ccccc1. The maximum Gasteiger partial charge on any atom is 0.169 e. The van der Waals surface area contributed by atoms with Crippen LogP contribution < -0.4 is 0 Å². The van der Waals surface area contributed by atoms with Crippen molar-refractivity contribution in [2.75, 3.05) is 0 Å². The van der Waals surface area contributed by atoms with E-state index in [9.17, 15) is 4.79 Å². The van der Waals surface area contributed by atoms with Crippen LogP contribution in [0.3, 0.4) is 0 Å². The molecule has 0 radical (unpaired) electrons. The van der Waals surface area contributed by atoms with E-state index in [2.05, 4.69) is 4.98 Å². The van der Waals surface area contributed by atoms with E-state index in [0.717, 1.165) is 11.8 Å². The van der Waals surface area contributed by atoms with Crippen LogP contribution in [0.25, 0.3) is 0 Å². The van der Waals surface area contributed by atoms with E-state index in [4.69, 9.17) is 4.74 Å². The highest BCUT2D eigenvalue weighted by molar-refractivity contribution is 14.1. The first-order valence-electron chi connectivity index (χ1n) is 5.08. The summed E-state index contributed by atoms with van der Waals surface area (Å²) in [4.78, 5) is 14.9. The second-order valence-electron chi connectivity index (χ2n) is 3.47. The van der Waals surface area contributed by atoms with Gasteiger partial charge in [-0.2, -0.15) is 0 Å². The first-order chi connectivity index (χ1) is 8.31. The summed E-state index contributed by atoms with van der Waals surface area (Å²) in [6.07, 6.45) is 2.40. The molecule has 1 aromatic heterocycles. The summed E-state index contributed by atoms with van der Waals surface area (Å²) in [5.41, 5.74) is 1.66. The summed E-state index contributed by atoms with van der Waals surface area (Å²) in [7, 11) is 0. The third kappa shape index (κ3) is 3.13. The minimum absolute atomic E-state index is 0.332. The number of nitrogens with zero attached hydrogens (tertiary/aromatic N) is 2. The molecule has 5 heteroatoms. The van der Waals surface area contributed by atoms with Gasteiger partial charge in [0.05, 0.1) is 12.9 Å². The Morgan fingerprint density at radius 2 is 2.12 bits per heavy atom. The number of carbonyl (C=O) groups is 1. The number of halogens is 1. The second-order valence-corrected chi connectivity index (χ2v) is 4.49. The zero-order valence-corrected chi connectivity index (χ0v) is 11.2. The van der Waals surface area contributed by atoms with Crippen LogP contribution in [0, 0.1) is 3.70 Å². The molecule has 1 aromatic carbocycles. The van der Waals surface area contributed by atoms with E-state index in [1.165, 1.54) is 0 Å².